The predicted molar refractivity (Wildman–Crippen MR) is 87.7 cm³/mol. The van der Waals surface area contributed by atoms with E-state index in [4.69, 9.17) is 11.6 Å². The molecule has 0 unspecified atom stereocenters. The summed E-state index contributed by atoms with van der Waals surface area (Å²) in [5.41, 5.74) is 0.893. The van der Waals surface area contributed by atoms with Crippen molar-refractivity contribution < 1.29 is 17.2 Å². The highest BCUT2D eigenvalue weighted by Gasteiger charge is 2.18. The van der Waals surface area contributed by atoms with Gasteiger partial charge in [0.05, 0.1) is 11.4 Å². The van der Waals surface area contributed by atoms with E-state index in [2.05, 4.69) is 14.8 Å². The maximum Gasteiger partial charge on any atom is 0.264 e. The zero-order chi connectivity index (χ0) is 18.0. The number of sulfonamides is 1. The van der Waals surface area contributed by atoms with E-state index in [0.717, 1.165) is 17.7 Å². The van der Waals surface area contributed by atoms with Crippen LogP contribution in [0.25, 0.3) is 0 Å². The lowest BCUT2D eigenvalue weighted by molar-refractivity contribution is 0.504. The molecule has 3 rings (SSSR count). The van der Waals surface area contributed by atoms with E-state index in [9.17, 15) is 17.2 Å². The summed E-state index contributed by atoms with van der Waals surface area (Å²) in [5.74, 6) is -2.58. The van der Waals surface area contributed by atoms with Gasteiger partial charge in [0.15, 0.2) is 11.6 Å². The Morgan fingerprint density at radius 1 is 1.08 bits per heavy atom. The predicted octanol–water partition coefficient (Wildman–Crippen LogP) is 3.06. The second-order valence-corrected chi connectivity index (χ2v) is 7.19. The summed E-state index contributed by atoms with van der Waals surface area (Å²) < 4.78 is 54.0. The van der Waals surface area contributed by atoms with E-state index in [1.165, 1.54) is 11.0 Å². The zero-order valence-electron chi connectivity index (χ0n) is 12.5. The van der Waals surface area contributed by atoms with Gasteiger partial charge in [0.25, 0.3) is 16.0 Å². The van der Waals surface area contributed by atoms with Gasteiger partial charge < -0.3 is 0 Å². The largest absolute Gasteiger partial charge is 0.264 e. The van der Waals surface area contributed by atoms with E-state index in [1.807, 2.05) is 0 Å². The Kier molecular flexibility index (Phi) is 4.69. The van der Waals surface area contributed by atoms with Crippen LogP contribution in [-0.4, -0.2) is 23.2 Å². The maximum absolute atomic E-state index is 13.2. The molecule has 130 valence electrons. The molecule has 0 aliphatic heterocycles. The molecule has 1 heterocycles. The quantitative estimate of drug-likeness (QED) is 0.733. The van der Waals surface area contributed by atoms with E-state index in [-0.39, 0.29) is 5.95 Å². The molecule has 0 atom stereocenters. The van der Waals surface area contributed by atoms with Gasteiger partial charge in [-0.05, 0) is 35.9 Å². The number of hydrogen-bond acceptors (Lipinski definition) is 4. The van der Waals surface area contributed by atoms with Crippen molar-refractivity contribution in [1.82, 2.24) is 14.8 Å². The van der Waals surface area contributed by atoms with Gasteiger partial charge >= 0.3 is 0 Å². The average Bonchev–Trinajstić information content (AvgIpc) is 2.98. The number of nitrogens with zero attached hydrogens (tertiary/aromatic N) is 3. The topological polar surface area (TPSA) is 76.9 Å². The summed E-state index contributed by atoms with van der Waals surface area (Å²) in [5, 5.41) is 4.59. The lowest BCUT2D eigenvalue weighted by Gasteiger charge is -2.05. The Balaban J connectivity index is 1.75. The lowest BCUT2D eigenvalue weighted by atomic mass is 10.2. The second kappa shape index (κ2) is 6.77. The maximum atomic E-state index is 13.2. The molecule has 0 bridgehead atoms. The molecular formula is C15H11ClF2N4O2S. The van der Waals surface area contributed by atoms with Crippen LogP contribution in [-0.2, 0) is 16.6 Å². The summed E-state index contributed by atoms with van der Waals surface area (Å²) in [6.45, 7) is 0.358. The van der Waals surface area contributed by atoms with Crippen LogP contribution in [0.1, 0.15) is 5.56 Å². The molecule has 0 aliphatic carbocycles. The van der Waals surface area contributed by atoms with Gasteiger partial charge in [-0.3, -0.25) is 0 Å². The molecule has 0 radical (unpaired) electrons. The number of rotatable bonds is 5. The van der Waals surface area contributed by atoms with Crippen molar-refractivity contribution in [3.05, 3.63) is 71.0 Å². The second-order valence-electron chi connectivity index (χ2n) is 5.07. The molecule has 0 amide bonds. The number of halogens is 3. The molecule has 2 aromatic carbocycles. The Morgan fingerprint density at radius 2 is 1.80 bits per heavy atom. The standard InChI is InChI=1S/C15H11ClF2N4O2S/c16-11-3-1-10(2-4-11)8-22-9-19-15(20-22)21-25(23,24)12-5-6-13(17)14(18)7-12/h1-7,9H,8H2,(H,20,21). The minimum atomic E-state index is -4.13. The Hall–Kier alpha value is -2.52. The molecule has 6 nitrogen and oxygen atoms in total. The number of aromatic nitrogens is 3. The molecule has 0 aliphatic rings. The third-order valence-corrected chi connectivity index (χ3v) is 4.80. The first-order chi connectivity index (χ1) is 11.8. The van der Waals surface area contributed by atoms with Crippen LogP contribution < -0.4 is 4.72 Å². The van der Waals surface area contributed by atoms with Crippen LogP contribution in [0.2, 0.25) is 5.02 Å². The Bertz CT molecular complexity index is 1010. The number of hydrogen-bond donors (Lipinski definition) is 1. The molecule has 0 spiro atoms. The summed E-state index contributed by atoms with van der Waals surface area (Å²) in [4.78, 5) is 3.42. The first-order valence-corrected chi connectivity index (χ1v) is 8.81. The SMILES string of the molecule is O=S(=O)(Nc1ncn(Cc2ccc(Cl)cc2)n1)c1ccc(F)c(F)c1. The van der Waals surface area contributed by atoms with Crippen molar-refractivity contribution in [2.45, 2.75) is 11.4 Å². The molecule has 1 N–H and O–H groups in total. The van der Waals surface area contributed by atoms with Crippen LogP contribution in [0.5, 0.6) is 0 Å². The molecule has 25 heavy (non-hydrogen) atoms. The molecular weight excluding hydrogens is 374 g/mol. The smallest absolute Gasteiger partial charge is 0.246 e. The molecule has 0 saturated carbocycles. The fourth-order valence-electron chi connectivity index (χ4n) is 2.02. The van der Waals surface area contributed by atoms with Crippen molar-refractivity contribution >= 4 is 27.6 Å². The fourth-order valence-corrected chi connectivity index (χ4v) is 3.10. The fraction of sp³-hybridized carbons (Fsp3) is 0.0667. The first-order valence-electron chi connectivity index (χ1n) is 6.95. The lowest BCUT2D eigenvalue weighted by Crippen LogP contribution is -2.15. The highest BCUT2D eigenvalue weighted by Crippen LogP contribution is 2.16. The van der Waals surface area contributed by atoms with E-state index in [0.29, 0.717) is 17.6 Å². The van der Waals surface area contributed by atoms with E-state index >= 15 is 0 Å². The van der Waals surface area contributed by atoms with Gasteiger partial charge in [-0.2, -0.15) is 4.98 Å². The van der Waals surface area contributed by atoms with Crippen LogP contribution >= 0.6 is 11.6 Å². The Labute approximate surface area is 147 Å². The minimum absolute atomic E-state index is 0.182. The molecule has 10 heteroatoms. The third kappa shape index (κ3) is 4.12. The van der Waals surface area contributed by atoms with Crippen LogP contribution in [0.15, 0.2) is 53.7 Å². The van der Waals surface area contributed by atoms with Crippen molar-refractivity contribution in [3.8, 4) is 0 Å². The zero-order valence-corrected chi connectivity index (χ0v) is 14.1. The summed E-state index contributed by atoms with van der Waals surface area (Å²) >= 11 is 5.81. The highest BCUT2D eigenvalue weighted by atomic mass is 35.5. The summed E-state index contributed by atoms with van der Waals surface area (Å²) in [6, 6.07) is 9.32. The van der Waals surface area contributed by atoms with Crippen LogP contribution in [0, 0.1) is 11.6 Å². The van der Waals surface area contributed by atoms with Crippen LogP contribution in [0.4, 0.5) is 14.7 Å². The number of benzene rings is 2. The first kappa shape index (κ1) is 17.3. The normalized spacial score (nSPS) is 11.5. The van der Waals surface area contributed by atoms with Gasteiger partial charge in [0.1, 0.15) is 6.33 Å². The van der Waals surface area contributed by atoms with Crippen molar-refractivity contribution in [3.63, 3.8) is 0 Å². The van der Waals surface area contributed by atoms with E-state index in [1.54, 1.807) is 24.3 Å². The van der Waals surface area contributed by atoms with E-state index < -0.39 is 26.6 Å². The minimum Gasteiger partial charge on any atom is -0.246 e. The highest BCUT2D eigenvalue weighted by molar-refractivity contribution is 7.92. The van der Waals surface area contributed by atoms with Crippen molar-refractivity contribution in [2.24, 2.45) is 0 Å². The third-order valence-electron chi connectivity index (χ3n) is 3.22. The van der Waals surface area contributed by atoms with Crippen LogP contribution in [0.3, 0.4) is 0 Å². The van der Waals surface area contributed by atoms with Gasteiger partial charge in [-0.1, -0.05) is 23.7 Å². The molecule has 0 saturated heterocycles. The van der Waals surface area contributed by atoms with Gasteiger partial charge in [0.2, 0.25) is 0 Å². The van der Waals surface area contributed by atoms with Gasteiger partial charge in [0, 0.05) is 5.02 Å². The average molecular weight is 385 g/mol. The molecule has 3 aromatic rings. The summed E-state index contributed by atoms with van der Waals surface area (Å²) in [7, 11) is -4.13. The summed E-state index contributed by atoms with van der Waals surface area (Å²) in [6.07, 6.45) is 1.34. The van der Waals surface area contributed by atoms with Crippen molar-refractivity contribution in [1.29, 1.82) is 0 Å². The Morgan fingerprint density at radius 3 is 2.48 bits per heavy atom. The monoisotopic (exact) mass is 384 g/mol. The number of anilines is 1. The van der Waals surface area contributed by atoms with Gasteiger partial charge in [-0.15, -0.1) is 5.10 Å². The number of nitrogens with one attached hydrogen (secondary N) is 1. The van der Waals surface area contributed by atoms with Crippen molar-refractivity contribution in [2.75, 3.05) is 4.72 Å². The molecule has 1 aromatic heterocycles. The molecule has 0 fully saturated rings. The van der Waals surface area contributed by atoms with Gasteiger partial charge in [-0.25, -0.2) is 26.6 Å².